The van der Waals surface area contributed by atoms with Crippen molar-refractivity contribution in [2.75, 3.05) is 19.6 Å². The number of nitrogens with zero attached hydrogens (tertiary/aromatic N) is 1. The molecule has 0 amide bonds. The van der Waals surface area contributed by atoms with Gasteiger partial charge in [-0.1, -0.05) is 27.2 Å². The third kappa shape index (κ3) is 2.43. The Balaban J connectivity index is 1.92. The molecule has 1 N–H and O–H groups in total. The average Bonchev–Trinajstić information content (AvgIpc) is 2.70. The molecule has 0 bridgehead atoms. The van der Waals surface area contributed by atoms with Crippen LogP contribution in [0.5, 0.6) is 0 Å². The average molecular weight is 224 g/mol. The van der Waals surface area contributed by atoms with Gasteiger partial charge in [-0.3, -0.25) is 4.90 Å². The molecule has 4 unspecified atom stereocenters. The van der Waals surface area contributed by atoms with Gasteiger partial charge in [0.2, 0.25) is 0 Å². The highest BCUT2D eigenvalue weighted by atomic mass is 15.2. The third-order valence-electron chi connectivity index (χ3n) is 4.96. The monoisotopic (exact) mass is 224 g/mol. The molecule has 4 atom stereocenters. The van der Waals surface area contributed by atoms with Crippen LogP contribution in [0, 0.1) is 11.8 Å². The molecule has 1 heterocycles. The summed E-state index contributed by atoms with van der Waals surface area (Å²) in [5.74, 6) is 1.90. The largest absolute Gasteiger partial charge is 0.311 e. The summed E-state index contributed by atoms with van der Waals surface area (Å²) in [7, 11) is 0. The van der Waals surface area contributed by atoms with Crippen molar-refractivity contribution in [3.63, 3.8) is 0 Å². The highest BCUT2D eigenvalue weighted by Gasteiger charge is 2.36. The van der Waals surface area contributed by atoms with Crippen molar-refractivity contribution in [2.24, 2.45) is 11.8 Å². The number of hydrogen-bond acceptors (Lipinski definition) is 2. The van der Waals surface area contributed by atoms with Crippen LogP contribution in [-0.2, 0) is 0 Å². The minimum Gasteiger partial charge on any atom is -0.311 e. The SMILES string of the molecule is CCC1CN(C2CCC(CC)C2C)CCN1. The van der Waals surface area contributed by atoms with Gasteiger partial charge in [0.1, 0.15) is 0 Å². The second-order valence-corrected chi connectivity index (χ2v) is 5.73. The summed E-state index contributed by atoms with van der Waals surface area (Å²) in [6.07, 6.45) is 5.55. The molecular formula is C14H28N2. The summed E-state index contributed by atoms with van der Waals surface area (Å²) in [6, 6.07) is 1.61. The maximum absolute atomic E-state index is 3.62. The molecule has 94 valence electrons. The van der Waals surface area contributed by atoms with Gasteiger partial charge in [0, 0.05) is 31.7 Å². The smallest absolute Gasteiger partial charge is 0.0193 e. The summed E-state index contributed by atoms with van der Waals surface area (Å²) in [4.78, 5) is 2.77. The van der Waals surface area contributed by atoms with Gasteiger partial charge in [0.15, 0.2) is 0 Å². The van der Waals surface area contributed by atoms with E-state index in [4.69, 9.17) is 0 Å². The lowest BCUT2D eigenvalue weighted by atomic mass is 9.92. The molecule has 1 aliphatic carbocycles. The lowest BCUT2D eigenvalue weighted by Gasteiger charge is -2.39. The van der Waals surface area contributed by atoms with E-state index in [1.54, 1.807) is 0 Å². The molecule has 0 aromatic carbocycles. The van der Waals surface area contributed by atoms with Crippen molar-refractivity contribution in [1.29, 1.82) is 0 Å². The first-order chi connectivity index (χ1) is 7.76. The molecule has 2 heteroatoms. The van der Waals surface area contributed by atoms with E-state index in [0.717, 1.165) is 23.9 Å². The van der Waals surface area contributed by atoms with E-state index in [0.29, 0.717) is 0 Å². The van der Waals surface area contributed by atoms with Gasteiger partial charge in [0.25, 0.3) is 0 Å². The number of nitrogens with one attached hydrogen (secondary N) is 1. The maximum atomic E-state index is 3.62. The highest BCUT2D eigenvalue weighted by molar-refractivity contribution is 4.91. The van der Waals surface area contributed by atoms with Crippen LogP contribution in [0.3, 0.4) is 0 Å². The molecule has 16 heavy (non-hydrogen) atoms. The molecule has 2 fully saturated rings. The van der Waals surface area contributed by atoms with Gasteiger partial charge < -0.3 is 5.32 Å². The van der Waals surface area contributed by atoms with Crippen LogP contribution in [-0.4, -0.2) is 36.6 Å². The van der Waals surface area contributed by atoms with E-state index < -0.39 is 0 Å². The molecule has 2 aliphatic rings. The molecule has 0 aromatic rings. The van der Waals surface area contributed by atoms with Crippen LogP contribution < -0.4 is 5.32 Å². The van der Waals surface area contributed by atoms with Crippen LogP contribution in [0.2, 0.25) is 0 Å². The van der Waals surface area contributed by atoms with E-state index in [1.165, 1.54) is 45.3 Å². The molecule has 1 saturated heterocycles. The Morgan fingerprint density at radius 3 is 2.62 bits per heavy atom. The lowest BCUT2D eigenvalue weighted by molar-refractivity contribution is 0.112. The Labute approximate surface area is 101 Å². The fraction of sp³-hybridized carbons (Fsp3) is 1.00. The van der Waals surface area contributed by atoms with E-state index >= 15 is 0 Å². The Morgan fingerprint density at radius 2 is 2.00 bits per heavy atom. The summed E-state index contributed by atoms with van der Waals surface area (Å²) >= 11 is 0. The van der Waals surface area contributed by atoms with Gasteiger partial charge >= 0.3 is 0 Å². The molecule has 0 aromatic heterocycles. The zero-order valence-electron chi connectivity index (χ0n) is 11.2. The fourth-order valence-corrected chi connectivity index (χ4v) is 3.74. The molecule has 2 nitrogen and oxygen atoms in total. The first-order valence-electron chi connectivity index (χ1n) is 7.23. The first-order valence-corrected chi connectivity index (χ1v) is 7.23. The Hall–Kier alpha value is -0.0800. The van der Waals surface area contributed by atoms with E-state index in [9.17, 15) is 0 Å². The number of piperazine rings is 1. The molecular weight excluding hydrogens is 196 g/mol. The quantitative estimate of drug-likeness (QED) is 0.792. The second kappa shape index (κ2) is 5.50. The van der Waals surface area contributed by atoms with Crippen LogP contribution in [0.15, 0.2) is 0 Å². The Bertz CT molecular complexity index is 217. The van der Waals surface area contributed by atoms with E-state index in [1.807, 2.05) is 0 Å². The van der Waals surface area contributed by atoms with Crippen molar-refractivity contribution < 1.29 is 0 Å². The predicted octanol–water partition coefficient (Wildman–Crippen LogP) is 2.49. The summed E-state index contributed by atoms with van der Waals surface area (Å²) in [6.45, 7) is 10.9. The van der Waals surface area contributed by atoms with Crippen LogP contribution in [0.25, 0.3) is 0 Å². The van der Waals surface area contributed by atoms with Crippen LogP contribution in [0.1, 0.15) is 46.5 Å². The minimum atomic E-state index is 0.738. The third-order valence-corrected chi connectivity index (χ3v) is 4.96. The van der Waals surface area contributed by atoms with Crippen LogP contribution >= 0.6 is 0 Å². The number of hydrogen-bond donors (Lipinski definition) is 1. The number of rotatable bonds is 3. The normalized spacial score (nSPS) is 41.4. The van der Waals surface area contributed by atoms with Crippen LogP contribution in [0.4, 0.5) is 0 Å². The van der Waals surface area contributed by atoms with Crippen molar-refractivity contribution in [3.8, 4) is 0 Å². The molecule has 0 radical (unpaired) electrons. The van der Waals surface area contributed by atoms with Crippen molar-refractivity contribution in [3.05, 3.63) is 0 Å². The summed E-state index contributed by atoms with van der Waals surface area (Å²) in [5.41, 5.74) is 0. The standard InChI is InChI=1S/C14H28N2/c1-4-12-6-7-14(11(12)3)16-9-8-15-13(5-2)10-16/h11-15H,4-10H2,1-3H3. The zero-order chi connectivity index (χ0) is 11.5. The molecule has 0 spiro atoms. The van der Waals surface area contributed by atoms with Gasteiger partial charge in [-0.2, -0.15) is 0 Å². The minimum absolute atomic E-state index is 0.738. The fourth-order valence-electron chi connectivity index (χ4n) is 3.74. The molecule has 1 aliphatic heterocycles. The first kappa shape index (κ1) is 12.4. The van der Waals surface area contributed by atoms with Gasteiger partial charge in [-0.15, -0.1) is 0 Å². The van der Waals surface area contributed by atoms with E-state index in [2.05, 4.69) is 31.0 Å². The van der Waals surface area contributed by atoms with Crippen molar-refractivity contribution in [2.45, 2.75) is 58.5 Å². The molecule has 1 saturated carbocycles. The highest BCUT2D eigenvalue weighted by Crippen LogP contribution is 2.37. The second-order valence-electron chi connectivity index (χ2n) is 5.73. The zero-order valence-corrected chi connectivity index (χ0v) is 11.2. The summed E-state index contributed by atoms with van der Waals surface area (Å²) < 4.78 is 0. The lowest BCUT2D eigenvalue weighted by Crippen LogP contribution is -2.54. The van der Waals surface area contributed by atoms with Crippen molar-refractivity contribution >= 4 is 0 Å². The Morgan fingerprint density at radius 1 is 1.19 bits per heavy atom. The molecule has 2 rings (SSSR count). The van der Waals surface area contributed by atoms with Gasteiger partial charge in [-0.05, 0) is 31.1 Å². The van der Waals surface area contributed by atoms with Gasteiger partial charge in [-0.25, -0.2) is 0 Å². The topological polar surface area (TPSA) is 15.3 Å². The predicted molar refractivity (Wildman–Crippen MR) is 69.6 cm³/mol. The van der Waals surface area contributed by atoms with E-state index in [-0.39, 0.29) is 0 Å². The maximum Gasteiger partial charge on any atom is 0.0193 e. The van der Waals surface area contributed by atoms with Crippen molar-refractivity contribution in [1.82, 2.24) is 10.2 Å². The van der Waals surface area contributed by atoms with Gasteiger partial charge in [0.05, 0.1) is 0 Å². The Kier molecular flexibility index (Phi) is 4.26. The summed E-state index contributed by atoms with van der Waals surface area (Å²) in [5, 5.41) is 3.62.